The Hall–Kier alpha value is -3.83. The lowest BCUT2D eigenvalue weighted by molar-refractivity contribution is -0.119. The molecule has 37 heavy (non-hydrogen) atoms. The van der Waals surface area contributed by atoms with Crippen LogP contribution in [0.4, 0.5) is 5.95 Å². The van der Waals surface area contributed by atoms with Crippen LogP contribution < -0.4 is 16.0 Å². The van der Waals surface area contributed by atoms with Crippen LogP contribution in [0.1, 0.15) is 18.2 Å². The van der Waals surface area contributed by atoms with Gasteiger partial charge in [-0.15, -0.1) is 0 Å². The molecule has 1 saturated heterocycles. The maximum Gasteiger partial charge on any atom is 0.362 e. The zero-order chi connectivity index (χ0) is 26.3. The molecule has 1 fully saturated rings. The maximum absolute atomic E-state index is 12.3. The number of benzene rings is 1. The fraction of sp³-hybridized carbons (Fsp3) is 0.333. The van der Waals surface area contributed by atoms with E-state index in [1.165, 1.54) is 10.9 Å². The van der Waals surface area contributed by atoms with Crippen molar-refractivity contribution < 1.29 is 32.3 Å². The summed E-state index contributed by atoms with van der Waals surface area (Å²) in [6, 6.07) is 7.51. The Morgan fingerprint density at radius 1 is 1.27 bits per heavy atom. The Morgan fingerprint density at radius 2 is 2.05 bits per heavy atom. The number of nitrogens with zero attached hydrogens (tertiary/aromatic N) is 3. The van der Waals surface area contributed by atoms with E-state index in [2.05, 4.69) is 19.9 Å². The van der Waals surface area contributed by atoms with Crippen molar-refractivity contribution in [1.29, 1.82) is 0 Å². The van der Waals surface area contributed by atoms with Crippen molar-refractivity contribution in [2.24, 2.45) is 0 Å². The molecule has 1 amide bonds. The largest absolute Gasteiger partial charge is 0.387 e. The monoisotopic (exact) mass is 533 g/mol. The van der Waals surface area contributed by atoms with Gasteiger partial charge in [0, 0.05) is 23.5 Å². The molecule has 1 aliphatic heterocycles. The maximum atomic E-state index is 12.3. The average Bonchev–Trinajstić information content (AvgIpc) is 3.53. The van der Waals surface area contributed by atoms with Gasteiger partial charge in [-0.3, -0.25) is 23.3 Å². The quantitative estimate of drug-likeness (QED) is 0.158. The molecule has 0 spiro atoms. The van der Waals surface area contributed by atoms with Crippen LogP contribution >= 0.6 is 0 Å². The summed E-state index contributed by atoms with van der Waals surface area (Å²) in [6.45, 7) is -0.706. The number of nitrogens with one attached hydrogen (secondary N) is 3. The molecule has 0 radical (unpaired) electrons. The highest BCUT2D eigenvalue weighted by atomic mass is 32.2. The lowest BCUT2D eigenvalue weighted by Gasteiger charge is -2.16. The zero-order valence-corrected chi connectivity index (χ0v) is 19.9. The number of anilines is 1. The van der Waals surface area contributed by atoms with Crippen LogP contribution in [0.5, 0.6) is 0 Å². The smallest absolute Gasteiger partial charge is 0.362 e. The molecular formula is C21H23N7O8S. The Balaban J connectivity index is 1.19. The SMILES string of the molecule is Nc1nc2c(ncn2[C@@H]2O[C@H](COS(=O)(=O)NC(=O)CCc3c[nH]c4ccccc34)[C@H](O)[C@@H]2O)c(=O)[nH]1. The molecule has 1 aliphatic rings. The Kier molecular flexibility index (Phi) is 6.42. The number of ether oxygens (including phenoxy) is 1. The summed E-state index contributed by atoms with van der Waals surface area (Å²) in [6.07, 6.45) is -2.56. The molecule has 16 heteroatoms. The first-order valence-corrected chi connectivity index (χ1v) is 12.5. The molecule has 4 heterocycles. The number of aliphatic hydroxyl groups excluding tert-OH is 2. The van der Waals surface area contributed by atoms with Crippen molar-refractivity contribution in [1.82, 2.24) is 29.2 Å². The number of H-pyrrole nitrogens is 2. The third-order valence-electron chi connectivity index (χ3n) is 5.98. The Labute approximate surface area is 208 Å². The fourth-order valence-corrected chi connectivity index (χ4v) is 4.94. The molecule has 0 saturated carbocycles. The summed E-state index contributed by atoms with van der Waals surface area (Å²) in [5.41, 5.74) is 6.64. The summed E-state index contributed by atoms with van der Waals surface area (Å²) >= 11 is 0. The summed E-state index contributed by atoms with van der Waals surface area (Å²) in [4.78, 5) is 37.5. The molecule has 7 N–H and O–H groups in total. The molecule has 4 atom stereocenters. The van der Waals surface area contributed by atoms with Gasteiger partial charge in [0.2, 0.25) is 11.9 Å². The molecule has 0 aliphatic carbocycles. The van der Waals surface area contributed by atoms with E-state index in [0.29, 0.717) is 6.42 Å². The topological polar surface area (TPSA) is 228 Å². The van der Waals surface area contributed by atoms with Crippen LogP contribution in [-0.4, -0.2) is 74.0 Å². The van der Waals surface area contributed by atoms with E-state index in [1.54, 1.807) is 6.20 Å². The van der Waals surface area contributed by atoms with Crippen molar-refractivity contribution in [3.05, 3.63) is 52.7 Å². The van der Waals surface area contributed by atoms with E-state index in [0.717, 1.165) is 16.5 Å². The molecule has 0 unspecified atom stereocenters. The highest BCUT2D eigenvalue weighted by Gasteiger charge is 2.45. The van der Waals surface area contributed by atoms with Gasteiger partial charge in [-0.25, -0.2) is 9.71 Å². The van der Waals surface area contributed by atoms with Crippen molar-refractivity contribution in [3.8, 4) is 0 Å². The second kappa shape index (κ2) is 9.56. The molecule has 3 aromatic heterocycles. The van der Waals surface area contributed by atoms with Gasteiger partial charge in [-0.2, -0.15) is 13.4 Å². The predicted molar refractivity (Wildman–Crippen MR) is 128 cm³/mol. The van der Waals surface area contributed by atoms with Gasteiger partial charge in [-0.05, 0) is 18.1 Å². The van der Waals surface area contributed by atoms with Crippen LogP contribution in [0.3, 0.4) is 0 Å². The number of nitrogens with two attached hydrogens (primary N) is 1. The average molecular weight is 534 g/mol. The summed E-state index contributed by atoms with van der Waals surface area (Å²) in [5.74, 6) is -0.978. The minimum atomic E-state index is -4.53. The molecular weight excluding hydrogens is 510 g/mol. The van der Waals surface area contributed by atoms with Crippen LogP contribution in [-0.2, 0) is 30.4 Å². The van der Waals surface area contributed by atoms with E-state index < -0.39 is 52.9 Å². The minimum absolute atomic E-state index is 0.00541. The van der Waals surface area contributed by atoms with Gasteiger partial charge < -0.3 is 25.7 Å². The van der Waals surface area contributed by atoms with Gasteiger partial charge in [0.1, 0.15) is 18.3 Å². The van der Waals surface area contributed by atoms with E-state index in [9.17, 15) is 28.2 Å². The first-order valence-electron chi connectivity index (χ1n) is 11.1. The third kappa shape index (κ3) is 4.92. The highest BCUT2D eigenvalue weighted by Crippen LogP contribution is 2.31. The molecule has 4 aromatic rings. The van der Waals surface area contributed by atoms with Gasteiger partial charge >= 0.3 is 10.3 Å². The second-order valence-electron chi connectivity index (χ2n) is 8.44. The second-order valence-corrected chi connectivity index (χ2v) is 9.79. The number of aromatic nitrogens is 5. The number of rotatable bonds is 8. The predicted octanol–water partition coefficient (Wildman–Crippen LogP) is -1.19. The fourth-order valence-electron chi connectivity index (χ4n) is 4.19. The number of aryl methyl sites for hydroxylation is 1. The van der Waals surface area contributed by atoms with Crippen LogP contribution in [0.2, 0.25) is 0 Å². The number of fused-ring (bicyclic) bond motifs is 2. The zero-order valence-electron chi connectivity index (χ0n) is 19.1. The van der Waals surface area contributed by atoms with E-state index >= 15 is 0 Å². The number of imidazole rings is 1. The number of amides is 1. The Morgan fingerprint density at radius 3 is 2.86 bits per heavy atom. The van der Waals surface area contributed by atoms with Gasteiger partial charge in [0.15, 0.2) is 17.4 Å². The lowest BCUT2D eigenvalue weighted by Crippen LogP contribution is -2.37. The first-order chi connectivity index (χ1) is 17.6. The number of aliphatic hydroxyl groups is 2. The number of hydrogen-bond acceptors (Lipinski definition) is 11. The highest BCUT2D eigenvalue weighted by molar-refractivity contribution is 7.85. The van der Waals surface area contributed by atoms with E-state index in [-0.39, 0.29) is 23.5 Å². The van der Waals surface area contributed by atoms with Crippen molar-refractivity contribution in [3.63, 3.8) is 0 Å². The minimum Gasteiger partial charge on any atom is -0.387 e. The van der Waals surface area contributed by atoms with Crippen LogP contribution in [0.15, 0.2) is 41.6 Å². The van der Waals surface area contributed by atoms with Gasteiger partial charge in [0.05, 0.1) is 12.9 Å². The number of carbonyl (C=O) groups excluding carboxylic acids is 1. The number of para-hydroxylation sites is 1. The number of aromatic amines is 2. The third-order valence-corrected chi connectivity index (χ3v) is 6.91. The normalized spacial score (nSPS) is 22.1. The van der Waals surface area contributed by atoms with Gasteiger partial charge in [0.25, 0.3) is 5.56 Å². The van der Waals surface area contributed by atoms with E-state index in [4.69, 9.17) is 14.7 Å². The molecule has 1 aromatic carbocycles. The number of carbonyl (C=O) groups is 1. The molecule has 15 nitrogen and oxygen atoms in total. The van der Waals surface area contributed by atoms with Crippen molar-refractivity contribution >= 4 is 44.2 Å². The summed E-state index contributed by atoms with van der Waals surface area (Å²) in [5, 5.41) is 21.8. The lowest BCUT2D eigenvalue weighted by atomic mass is 10.1. The molecule has 5 rings (SSSR count). The van der Waals surface area contributed by atoms with Crippen molar-refractivity contribution in [2.75, 3.05) is 12.3 Å². The number of nitrogen functional groups attached to an aromatic ring is 1. The van der Waals surface area contributed by atoms with E-state index in [1.807, 2.05) is 29.0 Å². The molecule has 196 valence electrons. The van der Waals surface area contributed by atoms with Crippen LogP contribution in [0.25, 0.3) is 22.1 Å². The molecule has 0 bridgehead atoms. The Bertz CT molecular complexity index is 1630. The van der Waals surface area contributed by atoms with Gasteiger partial charge in [-0.1, -0.05) is 18.2 Å². The van der Waals surface area contributed by atoms with Crippen molar-refractivity contribution in [2.45, 2.75) is 37.4 Å². The first kappa shape index (κ1) is 24.8. The standard InChI is InChI=1S/C21H23N7O8S/c22-21-25-18-15(19(32)26-21)24-9-28(18)20-17(31)16(30)13(36-20)8-35-37(33,34)27-14(29)6-5-10-7-23-12-4-2-1-3-11(10)12/h1-4,7,9,13,16-17,20,23,30-31H,5-6,8H2,(H,27,29)(H3,22,25,26,32)/t13-,16+,17+,20-/m1/s1. The van der Waals surface area contributed by atoms with Crippen LogP contribution in [0, 0.1) is 0 Å². The summed E-state index contributed by atoms with van der Waals surface area (Å²) < 4.78 is 38.0. The summed E-state index contributed by atoms with van der Waals surface area (Å²) in [7, 11) is -4.53. The number of hydrogen-bond donors (Lipinski definition) is 6.